The Morgan fingerprint density at radius 3 is 2.67 bits per heavy atom. The second-order valence-electron chi connectivity index (χ2n) is 2.64. The molecule has 0 radical (unpaired) electrons. The molecule has 0 aliphatic carbocycles. The minimum Gasteiger partial charge on any atom is -0.232 e. The predicted molar refractivity (Wildman–Crippen MR) is 45.4 cm³/mol. The van der Waals surface area contributed by atoms with Crippen LogP contribution in [0.5, 0.6) is 0 Å². The molecule has 1 unspecified atom stereocenters. The van der Waals surface area contributed by atoms with Gasteiger partial charge in [-0.25, -0.2) is 9.78 Å². The van der Waals surface area contributed by atoms with Crippen LogP contribution in [0.2, 0.25) is 0 Å². The van der Waals surface area contributed by atoms with Crippen molar-refractivity contribution >= 4 is 0 Å². The highest BCUT2D eigenvalue weighted by Gasteiger charge is 2.11. The molecule has 12 heavy (non-hydrogen) atoms. The third-order valence-electron chi connectivity index (χ3n) is 1.77. The number of hydrogen-bond donors (Lipinski definition) is 0. The van der Waals surface area contributed by atoms with E-state index in [4.69, 9.17) is 9.78 Å². The fraction of sp³-hybridized carbons (Fsp3) is 0.200. The molecule has 1 heterocycles. The molecule has 0 N–H and O–H groups in total. The van der Waals surface area contributed by atoms with E-state index in [1.807, 2.05) is 42.5 Å². The lowest BCUT2D eigenvalue weighted by Gasteiger charge is -2.15. The van der Waals surface area contributed by atoms with Gasteiger partial charge in [0.2, 0.25) is 0 Å². The van der Waals surface area contributed by atoms with Crippen LogP contribution in [0.3, 0.4) is 0 Å². The molecule has 0 aromatic heterocycles. The van der Waals surface area contributed by atoms with Gasteiger partial charge in [-0.2, -0.15) is 0 Å². The van der Waals surface area contributed by atoms with Gasteiger partial charge in [0.1, 0.15) is 12.7 Å². The highest BCUT2D eigenvalue weighted by atomic mass is 17.2. The van der Waals surface area contributed by atoms with Crippen LogP contribution in [0.15, 0.2) is 42.5 Å². The zero-order valence-electron chi connectivity index (χ0n) is 6.64. The summed E-state index contributed by atoms with van der Waals surface area (Å²) in [6, 6.07) is 9.99. The second-order valence-corrected chi connectivity index (χ2v) is 2.64. The highest BCUT2D eigenvalue weighted by molar-refractivity contribution is 5.21. The molecule has 0 bridgehead atoms. The molecule has 2 nitrogen and oxygen atoms in total. The minimum absolute atomic E-state index is 0.0417. The predicted octanol–water partition coefficient (Wildman–Crippen LogP) is 2.25. The largest absolute Gasteiger partial charge is 0.232 e. The van der Waals surface area contributed by atoms with Gasteiger partial charge in [-0.15, -0.1) is 0 Å². The van der Waals surface area contributed by atoms with Crippen molar-refractivity contribution in [1.82, 2.24) is 0 Å². The first-order valence-electron chi connectivity index (χ1n) is 3.97. The zero-order valence-corrected chi connectivity index (χ0v) is 6.64. The van der Waals surface area contributed by atoms with E-state index >= 15 is 0 Å². The summed E-state index contributed by atoms with van der Waals surface area (Å²) in [6.45, 7) is 0.545. The molecule has 1 atom stereocenters. The smallest absolute Gasteiger partial charge is 0.136 e. The van der Waals surface area contributed by atoms with Gasteiger partial charge < -0.3 is 0 Å². The standard InChI is InChI=1S/C10H10O2/c1-2-5-9(6-3-1)10-7-4-8-11-12-10/h1-7,10H,8H2. The van der Waals surface area contributed by atoms with Crippen molar-refractivity contribution in [3.8, 4) is 0 Å². The minimum atomic E-state index is -0.0417. The molecule has 1 aromatic rings. The van der Waals surface area contributed by atoms with Crippen molar-refractivity contribution in [3.05, 3.63) is 48.0 Å². The SMILES string of the molecule is C1=CC(c2ccccc2)OOC1. The third-order valence-corrected chi connectivity index (χ3v) is 1.77. The number of hydrogen-bond acceptors (Lipinski definition) is 2. The van der Waals surface area contributed by atoms with E-state index in [-0.39, 0.29) is 6.10 Å². The summed E-state index contributed by atoms with van der Waals surface area (Å²) in [5, 5.41) is 0. The van der Waals surface area contributed by atoms with Crippen LogP contribution in [0.25, 0.3) is 0 Å². The van der Waals surface area contributed by atoms with Crippen molar-refractivity contribution in [2.24, 2.45) is 0 Å². The summed E-state index contributed by atoms with van der Waals surface area (Å²) in [5.74, 6) is 0. The van der Waals surface area contributed by atoms with Gasteiger partial charge in [-0.05, 0) is 11.6 Å². The average Bonchev–Trinajstić information content (AvgIpc) is 2.21. The lowest BCUT2D eigenvalue weighted by molar-refractivity contribution is -0.315. The van der Waals surface area contributed by atoms with E-state index in [0.29, 0.717) is 6.61 Å². The molecular weight excluding hydrogens is 152 g/mol. The van der Waals surface area contributed by atoms with Gasteiger partial charge in [0.15, 0.2) is 0 Å². The second kappa shape index (κ2) is 3.52. The monoisotopic (exact) mass is 162 g/mol. The molecule has 2 heteroatoms. The van der Waals surface area contributed by atoms with Crippen molar-refractivity contribution in [1.29, 1.82) is 0 Å². The zero-order chi connectivity index (χ0) is 8.23. The average molecular weight is 162 g/mol. The Balaban J connectivity index is 2.19. The van der Waals surface area contributed by atoms with Crippen LogP contribution in [0, 0.1) is 0 Å². The number of rotatable bonds is 1. The van der Waals surface area contributed by atoms with Gasteiger partial charge in [-0.3, -0.25) is 0 Å². The van der Waals surface area contributed by atoms with Gasteiger partial charge in [0, 0.05) is 0 Å². The van der Waals surface area contributed by atoms with E-state index < -0.39 is 0 Å². The molecular formula is C10H10O2. The van der Waals surface area contributed by atoms with Gasteiger partial charge in [0.05, 0.1) is 0 Å². The fourth-order valence-electron chi connectivity index (χ4n) is 1.17. The molecule has 1 aromatic carbocycles. The maximum absolute atomic E-state index is 5.08. The van der Waals surface area contributed by atoms with E-state index in [1.165, 1.54) is 0 Å². The molecule has 1 aliphatic heterocycles. The Morgan fingerprint density at radius 2 is 2.00 bits per heavy atom. The summed E-state index contributed by atoms with van der Waals surface area (Å²) in [6.07, 6.45) is 3.92. The summed E-state index contributed by atoms with van der Waals surface area (Å²) >= 11 is 0. The van der Waals surface area contributed by atoms with E-state index in [2.05, 4.69) is 0 Å². The maximum atomic E-state index is 5.08. The Kier molecular flexibility index (Phi) is 2.21. The van der Waals surface area contributed by atoms with Crippen molar-refractivity contribution in [2.75, 3.05) is 6.61 Å². The van der Waals surface area contributed by atoms with Crippen molar-refractivity contribution < 1.29 is 9.78 Å². The van der Waals surface area contributed by atoms with E-state index in [1.54, 1.807) is 0 Å². The molecule has 0 spiro atoms. The maximum Gasteiger partial charge on any atom is 0.136 e. The molecule has 0 fully saturated rings. The first kappa shape index (κ1) is 7.53. The van der Waals surface area contributed by atoms with Gasteiger partial charge in [0.25, 0.3) is 0 Å². The molecule has 62 valence electrons. The van der Waals surface area contributed by atoms with Crippen LogP contribution >= 0.6 is 0 Å². The molecule has 1 aliphatic rings. The molecule has 0 amide bonds. The van der Waals surface area contributed by atoms with E-state index in [0.717, 1.165) is 5.56 Å². The summed E-state index contributed by atoms with van der Waals surface area (Å²) in [5.41, 5.74) is 1.12. The van der Waals surface area contributed by atoms with E-state index in [9.17, 15) is 0 Å². The van der Waals surface area contributed by atoms with Gasteiger partial charge in [-0.1, -0.05) is 36.4 Å². The summed E-state index contributed by atoms with van der Waals surface area (Å²) in [7, 11) is 0. The fourth-order valence-corrected chi connectivity index (χ4v) is 1.17. The van der Waals surface area contributed by atoms with Crippen LogP contribution in [-0.4, -0.2) is 6.61 Å². The van der Waals surface area contributed by atoms with Gasteiger partial charge >= 0.3 is 0 Å². The van der Waals surface area contributed by atoms with Crippen LogP contribution in [0.4, 0.5) is 0 Å². The summed E-state index contributed by atoms with van der Waals surface area (Å²) < 4.78 is 0. The lowest BCUT2D eigenvalue weighted by atomic mass is 10.1. The normalized spacial score (nSPS) is 22.5. The Morgan fingerprint density at radius 1 is 1.17 bits per heavy atom. The molecule has 0 saturated heterocycles. The Hall–Kier alpha value is -1.12. The lowest BCUT2D eigenvalue weighted by Crippen LogP contribution is -2.07. The number of benzene rings is 1. The Labute approximate surface area is 71.4 Å². The third kappa shape index (κ3) is 1.55. The van der Waals surface area contributed by atoms with Crippen LogP contribution < -0.4 is 0 Å². The molecule has 2 rings (SSSR count). The van der Waals surface area contributed by atoms with Crippen molar-refractivity contribution in [3.63, 3.8) is 0 Å². The van der Waals surface area contributed by atoms with Crippen LogP contribution in [0.1, 0.15) is 11.7 Å². The Bertz CT molecular complexity index is 266. The quantitative estimate of drug-likeness (QED) is 0.465. The first-order chi connectivity index (χ1) is 5.97. The summed E-state index contributed by atoms with van der Waals surface area (Å²) in [4.78, 5) is 9.93. The van der Waals surface area contributed by atoms with Crippen LogP contribution in [-0.2, 0) is 9.78 Å². The molecule has 0 saturated carbocycles. The first-order valence-corrected chi connectivity index (χ1v) is 3.97. The van der Waals surface area contributed by atoms with Crippen molar-refractivity contribution in [2.45, 2.75) is 6.10 Å². The highest BCUT2D eigenvalue weighted by Crippen LogP contribution is 2.20. The topological polar surface area (TPSA) is 18.5 Å².